The molecule has 130 valence electrons. The summed E-state index contributed by atoms with van der Waals surface area (Å²) in [7, 11) is -3.26. The predicted molar refractivity (Wildman–Crippen MR) is 92.0 cm³/mol. The van der Waals surface area contributed by atoms with Crippen molar-refractivity contribution in [1.29, 1.82) is 0 Å². The van der Waals surface area contributed by atoms with Crippen molar-refractivity contribution in [2.24, 2.45) is 0 Å². The van der Waals surface area contributed by atoms with E-state index in [1.165, 1.54) is 12.1 Å². The van der Waals surface area contributed by atoms with Crippen molar-refractivity contribution in [2.75, 3.05) is 6.26 Å². The highest BCUT2D eigenvalue weighted by molar-refractivity contribution is 7.90. The molecule has 0 radical (unpaired) electrons. The summed E-state index contributed by atoms with van der Waals surface area (Å²) < 4.78 is 30.5. The second-order valence-electron chi connectivity index (χ2n) is 5.69. The molecule has 0 saturated heterocycles. The molecule has 0 N–H and O–H groups in total. The number of aromatic nitrogens is 4. The summed E-state index contributed by atoms with van der Waals surface area (Å²) in [5, 5.41) is 8.22. The maximum absolute atomic E-state index is 11.6. The largest absolute Gasteiger partial charge is 0.487 e. The van der Waals surface area contributed by atoms with E-state index in [1.54, 1.807) is 35.4 Å². The van der Waals surface area contributed by atoms with Gasteiger partial charge in [-0.1, -0.05) is 17.3 Å². The van der Waals surface area contributed by atoms with Gasteiger partial charge in [0.05, 0.1) is 17.1 Å². The molecule has 3 aromatic rings. The Morgan fingerprint density at radius 2 is 2.08 bits per heavy atom. The molecule has 0 amide bonds. The van der Waals surface area contributed by atoms with Gasteiger partial charge in [-0.05, 0) is 36.8 Å². The van der Waals surface area contributed by atoms with Gasteiger partial charge < -0.3 is 4.74 Å². The lowest BCUT2D eigenvalue weighted by Crippen LogP contribution is -2.07. The molecular formula is C17H18N4O3S. The Bertz CT molecular complexity index is 955. The molecule has 0 unspecified atom stereocenters. The maximum Gasteiger partial charge on any atom is 0.175 e. The Kier molecular flexibility index (Phi) is 4.80. The van der Waals surface area contributed by atoms with E-state index in [0.29, 0.717) is 11.4 Å². The van der Waals surface area contributed by atoms with Crippen molar-refractivity contribution in [1.82, 2.24) is 20.0 Å². The van der Waals surface area contributed by atoms with Gasteiger partial charge in [-0.2, -0.15) is 0 Å². The fourth-order valence-corrected chi connectivity index (χ4v) is 2.95. The zero-order chi connectivity index (χ0) is 17.9. The first-order valence-corrected chi connectivity index (χ1v) is 9.56. The van der Waals surface area contributed by atoms with Crippen LogP contribution in [0, 0.1) is 0 Å². The SMILES string of the molecule is C[C@@H](c1cccnc1)n1cc(COc2cccc(S(C)(=O)=O)c2)nn1. The summed E-state index contributed by atoms with van der Waals surface area (Å²) in [5.41, 5.74) is 1.68. The topological polar surface area (TPSA) is 87.0 Å². The molecule has 2 heterocycles. The maximum atomic E-state index is 11.6. The molecule has 3 rings (SSSR count). The van der Waals surface area contributed by atoms with E-state index < -0.39 is 9.84 Å². The van der Waals surface area contributed by atoms with E-state index in [4.69, 9.17) is 4.74 Å². The normalized spacial score (nSPS) is 12.7. The molecule has 8 heteroatoms. The van der Waals surface area contributed by atoms with Crippen LogP contribution in [0.2, 0.25) is 0 Å². The summed E-state index contributed by atoms with van der Waals surface area (Å²) in [4.78, 5) is 4.33. The lowest BCUT2D eigenvalue weighted by Gasteiger charge is -2.10. The van der Waals surface area contributed by atoms with Crippen LogP contribution in [-0.4, -0.2) is 34.7 Å². The lowest BCUT2D eigenvalue weighted by molar-refractivity contribution is 0.300. The molecule has 0 spiro atoms. The van der Waals surface area contributed by atoms with Gasteiger partial charge in [0.1, 0.15) is 18.1 Å². The van der Waals surface area contributed by atoms with Gasteiger partial charge >= 0.3 is 0 Å². The smallest absolute Gasteiger partial charge is 0.175 e. The number of ether oxygens (including phenoxy) is 1. The number of hydrogen-bond donors (Lipinski definition) is 0. The van der Waals surface area contributed by atoms with Crippen molar-refractivity contribution < 1.29 is 13.2 Å². The fraction of sp³-hybridized carbons (Fsp3) is 0.235. The second kappa shape index (κ2) is 7.02. The first kappa shape index (κ1) is 17.1. The van der Waals surface area contributed by atoms with Gasteiger partial charge in [0.15, 0.2) is 9.84 Å². The zero-order valence-electron chi connectivity index (χ0n) is 13.9. The standard InChI is InChI=1S/C17H18N4O3S/c1-13(14-5-4-8-18-10-14)21-11-15(19-20-21)12-24-16-6-3-7-17(9-16)25(2,22)23/h3-11,13H,12H2,1-2H3/t13-/m0/s1. The highest BCUT2D eigenvalue weighted by atomic mass is 32.2. The molecule has 0 saturated carbocycles. The monoisotopic (exact) mass is 358 g/mol. The Labute approximate surface area is 146 Å². The van der Waals surface area contributed by atoms with Crippen molar-refractivity contribution in [3.8, 4) is 5.75 Å². The van der Waals surface area contributed by atoms with E-state index in [-0.39, 0.29) is 17.5 Å². The summed E-state index contributed by atoms with van der Waals surface area (Å²) in [6.07, 6.45) is 6.48. The Morgan fingerprint density at radius 1 is 1.24 bits per heavy atom. The third-order valence-electron chi connectivity index (χ3n) is 3.74. The van der Waals surface area contributed by atoms with Gasteiger partial charge in [-0.3, -0.25) is 4.98 Å². The third kappa shape index (κ3) is 4.21. The zero-order valence-corrected chi connectivity index (χ0v) is 14.7. The molecule has 1 aromatic carbocycles. The molecule has 25 heavy (non-hydrogen) atoms. The van der Waals surface area contributed by atoms with Crippen LogP contribution in [0.3, 0.4) is 0 Å². The van der Waals surface area contributed by atoms with Crippen molar-refractivity contribution >= 4 is 9.84 Å². The predicted octanol–water partition coefficient (Wildman–Crippen LogP) is 2.26. The first-order chi connectivity index (χ1) is 11.9. The number of benzene rings is 1. The Hall–Kier alpha value is -2.74. The quantitative estimate of drug-likeness (QED) is 0.672. The summed E-state index contributed by atoms with van der Waals surface area (Å²) in [5.74, 6) is 0.470. The molecule has 0 bridgehead atoms. The number of nitrogens with zero attached hydrogens (tertiary/aromatic N) is 4. The average Bonchev–Trinajstić information content (AvgIpc) is 3.08. The third-order valence-corrected chi connectivity index (χ3v) is 4.85. The van der Waals surface area contributed by atoms with Gasteiger partial charge in [0.2, 0.25) is 0 Å². The van der Waals surface area contributed by atoms with Gasteiger partial charge in [-0.15, -0.1) is 5.10 Å². The van der Waals surface area contributed by atoms with Crippen LogP contribution >= 0.6 is 0 Å². The van der Waals surface area contributed by atoms with Crippen molar-refractivity contribution in [3.63, 3.8) is 0 Å². The second-order valence-corrected chi connectivity index (χ2v) is 7.70. The number of hydrogen-bond acceptors (Lipinski definition) is 6. The molecule has 0 aliphatic carbocycles. The molecular weight excluding hydrogens is 340 g/mol. The molecule has 2 aromatic heterocycles. The molecule has 7 nitrogen and oxygen atoms in total. The number of pyridine rings is 1. The van der Waals surface area contributed by atoms with Crippen molar-refractivity contribution in [2.45, 2.75) is 24.5 Å². The van der Waals surface area contributed by atoms with E-state index in [1.807, 2.05) is 19.1 Å². The van der Waals surface area contributed by atoms with Gasteiger partial charge in [0.25, 0.3) is 0 Å². The van der Waals surface area contributed by atoms with Gasteiger partial charge in [-0.25, -0.2) is 13.1 Å². The average molecular weight is 358 g/mol. The number of sulfone groups is 1. The van der Waals surface area contributed by atoms with E-state index in [0.717, 1.165) is 11.8 Å². The van der Waals surface area contributed by atoms with Crippen LogP contribution in [-0.2, 0) is 16.4 Å². The fourth-order valence-electron chi connectivity index (χ4n) is 2.30. The van der Waals surface area contributed by atoms with Gasteiger partial charge in [0, 0.05) is 18.6 Å². The molecule has 1 atom stereocenters. The van der Waals surface area contributed by atoms with E-state index >= 15 is 0 Å². The first-order valence-electron chi connectivity index (χ1n) is 7.67. The highest BCUT2D eigenvalue weighted by Crippen LogP contribution is 2.19. The van der Waals surface area contributed by atoms with Crippen LogP contribution in [0.15, 0.2) is 59.9 Å². The van der Waals surface area contributed by atoms with Crippen LogP contribution in [0.25, 0.3) is 0 Å². The van der Waals surface area contributed by atoms with Crippen LogP contribution < -0.4 is 4.74 Å². The Balaban J connectivity index is 1.68. The summed E-state index contributed by atoms with van der Waals surface area (Å²) in [6.45, 7) is 2.21. The summed E-state index contributed by atoms with van der Waals surface area (Å²) >= 11 is 0. The van der Waals surface area contributed by atoms with Crippen LogP contribution in [0.4, 0.5) is 0 Å². The minimum absolute atomic E-state index is 0.00325. The minimum Gasteiger partial charge on any atom is -0.487 e. The van der Waals surface area contributed by atoms with Crippen LogP contribution in [0.1, 0.15) is 24.2 Å². The minimum atomic E-state index is -3.26. The molecule has 0 aliphatic rings. The van der Waals surface area contributed by atoms with E-state index in [2.05, 4.69) is 15.3 Å². The van der Waals surface area contributed by atoms with Crippen molar-refractivity contribution in [3.05, 3.63) is 66.2 Å². The summed E-state index contributed by atoms with van der Waals surface area (Å²) in [6, 6.07) is 10.2. The lowest BCUT2D eigenvalue weighted by atomic mass is 10.1. The molecule has 0 aliphatic heterocycles. The highest BCUT2D eigenvalue weighted by Gasteiger charge is 2.12. The number of rotatable bonds is 6. The van der Waals surface area contributed by atoms with E-state index in [9.17, 15) is 8.42 Å². The molecule has 0 fully saturated rings. The van der Waals surface area contributed by atoms with Crippen LogP contribution in [0.5, 0.6) is 5.75 Å². The Morgan fingerprint density at radius 3 is 2.80 bits per heavy atom.